The first kappa shape index (κ1) is 16.4. The molecule has 0 spiro atoms. The Labute approximate surface area is 127 Å². The van der Waals surface area contributed by atoms with Crippen molar-refractivity contribution in [1.29, 1.82) is 0 Å². The fourth-order valence-electron chi connectivity index (χ4n) is 3.87. The highest BCUT2D eigenvalue weighted by Gasteiger charge is 2.57. The first-order valence-corrected chi connectivity index (χ1v) is 10.2. The van der Waals surface area contributed by atoms with Gasteiger partial charge in [0.1, 0.15) is 0 Å². The van der Waals surface area contributed by atoms with E-state index < -0.39 is 6.64 Å². The molecule has 2 unspecified atom stereocenters. The average Bonchev–Trinajstić information content (AvgIpc) is 2.80. The molecule has 4 nitrogen and oxygen atoms in total. The Bertz CT molecular complexity index is 436. The number of hydrogen-bond acceptors (Lipinski definition) is 4. The summed E-state index contributed by atoms with van der Waals surface area (Å²) in [6.45, 7) is 9.38. The van der Waals surface area contributed by atoms with Gasteiger partial charge in [0.2, 0.25) is 0 Å². The van der Waals surface area contributed by atoms with Gasteiger partial charge in [0.25, 0.3) is 0 Å². The van der Waals surface area contributed by atoms with E-state index in [2.05, 4.69) is 26.0 Å². The largest absolute Gasteiger partial charge is 0.313 e. The highest BCUT2D eigenvalue weighted by atomic mass is 32.5. The fourth-order valence-corrected chi connectivity index (χ4v) is 5.72. The van der Waals surface area contributed by atoms with Crippen LogP contribution in [0.15, 0.2) is 5.10 Å². The molecule has 0 radical (unpaired) electrons. The first-order chi connectivity index (χ1) is 9.27. The maximum absolute atomic E-state index is 5.60. The molecule has 1 N–H and O–H groups in total. The molecule has 2 atom stereocenters. The van der Waals surface area contributed by atoms with E-state index in [1.807, 2.05) is 13.8 Å². The number of hydrogen-bond donors (Lipinski definition) is 1. The van der Waals surface area contributed by atoms with Crippen molar-refractivity contribution >= 4 is 24.2 Å². The summed E-state index contributed by atoms with van der Waals surface area (Å²) < 4.78 is 11.2. The summed E-state index contributed by atoms with van der Waals surface area (Å²) in [6, 6.07) is 0. The van der Waals surface area contributed by atoms with Crippen molar-refractivity contribution in [2.45, 2.75) is 53.9 Å². The smallest absolute Gasteiger partial charge is 0.303 e. The zero-order valence-corrected chi connectivity index (χ0v) is 14.9. The molecular formula is C14H27N2O2PS. The minimum Gasteiger partial charge on any atom is -0.313 e. The molecule has 2 bridgehead atoms. The minimum atomic E-state index is -2.48. The van der Waals surface area contributed by atoms with E-state index in [1.165, 1.54) is 25.0 Å². The topological polar surface area (TPSA) is 42.8 Å². The third-order valence-corrected chi connectivity index (χ3v) is 7.25. The first-order valence-electron chi connectivity index (χ1n) is 7.52. The van der Waals surface area contributed by atoms with Crippen LogP contribution >= 0.6 is 6.64 Å². The Morgan fingerprint density at radius 3 is 2.35 bits per heavy atom. The normalized spacial score (nSPS) is 33.9. The van der Waals surface area contributed by atoms with Gasteiger partial charge >= 0.3 is 6.64 Å². The van der Waals surface area contributed by atoms with E-state index in [0.29, 0.717) is 13.2 Å². The van der Waals surface area contributed by atoms with Crippen molar-refractivity contribution in [3.8, 4) is 0 Å². The second-order valence-corrected chi connectivity index (χ2v) is 9.77. The standard InChI is InChI=1S/C14H27N2O2PS/c1-6-17-19(20,18-7-2)16-15-12-13(3,4)11-8-9-14(12,5)10-11/h11H,6-10H2,1-5H3,(H,16,20)/b15-12+. The highest BCUT2D eigenvalue weighted by Crippen LogP contribution is 2.60. The number of rotatable bonds is 6. The fraction of sp³-hybridized carbons (Fsp3) is 0.929. The van der Waals surface area contributed by atoms with E-state index in [0.717, 1.165) is 5.92 Å². The summed E-state index contributed by atoms with van der Waals surface area (Å²) in [7, 11) is 0. The lowest BCUT2D eigenvalue weighted by Crippen LogP contribution is -2.37. The summed E-state index contributed by atoms with van der Waals surface area (Å²) in [5, 5.41) is 7.78. The average molecular weight is 318 g/mol. The van der Waals surface area contributed by atoms with Gasteiger partial charge in [-0.25, -0.2) is 5.20 Å². The van der Waals surface area contributed by atoms with Gasteiger partial charge in [-0.05, 0) is 50.8 Å². The second kappa shape index (κ2) is 5.68. The number of nitrogens with zero attached hydrogens (tertiary/aromatic N) is 1. The molecule has 0 aromatic carbocycles. The van der Waals surface area contributed by atoms with Crippen LogP contribution < -0.4 is 5.20 Å². The predicted molar refractivity (Wildman–Crippen MR) is 87.3 cm³/mol. The third kappa shape index (κ3) is 2.83. The quantitative estimate of drug-likeness (QED) is 0.592. The summed E-state index contributed by atoms with van der Waals surface area (Å²) in [4.78, 5) is 0. The molecule has 0 amide bonds. The van der Waals surface area contributed by atoms with Gasteiger partial charge in [0.05, 0.1) is 18.9 Å². The molecular weight excluding hydrogens is 291 g/mol. The molecule has 2 fully saturated rings. The molecule has 2 aliphatic rings. The van der Waals surface area contributed by atoms with Crippen molar-refractivity contribution in [3.05, 3.63) is 0 Å². The lowest BCUT2D eigenvalue weighted by molar-refractivity contribution is 0.258. The highest BCUT2D eigenvalue weighted by molar-refractivity contribution is 8.08. The van der Waals surface area contributed by atoms with Gasteiger partial charge in [-0.1, -0.05) is 20.8 Å². The van der Waals surface area contributed by atoms with Gasteiger partial charge in [0, 0.05) is 10.8 Å². The Kier molecular flexibility index (Phi) is 4.66. The van der Waals surface area contributed by atoms with Crippen LogP contribution in [-0.2, 0) is 20.9 Å². The minimum absolute atomic E-state index is 0.151. The molecule has 0 aromatic rings. The Morgan fingerprint density at radius 2 is 1.90 bits per heavy atom. The monoisotopic (exact) mass is 318 g/mol. The Balaban J connectivity index is 2.20. The van der Waals surface area contributed by atoms with Crippen LogP contribution in [0.5, 0.6) is 0 Å². The van der Waals surface area contributed by atoms with Crippen molar-refractivity contribution < 1.29 is 9.05 Å². The van der Waals surface area contributed by atoms with Crippen molar-refractivity contribution in [2.75, 3.05) is 13.2 Å². The molecule has 20 heavy (non-hydrogen) atoms. The third-order valence-electron chi connectivity index (χ3n) is 4.83. The summed E-state index contributed by atoms with van der Waals surface area (Å²) in [5.41, 5.74) is 1.62. The lowest BCUT2D eigenvalue weighted by atomic mass is 9.71. The summed E-state index contributed by atoms with van der Waals surface area (Å²) in [5.74, 6) is 0.741. The van der Waals surface area contributed by atoms with Gasteiger partial charge < -0.3 is 9.05 Å². The molecule has 6 heteroatoms. The lowest BCUT2D eigenvalue weighted by Gasteiger charge is -2.35. The maximum Gasteiger partial charge on any atom is 0.303 e. The molecule has 0 aliphatic heterocycles. The number of hydrazone groups is 1. The van der Waals surface area contributed by atoms with Crippen LogP contribution in [0.4, 0.5) is 0 Å². The van der Waals surface area contributed by atoms with Crippen LogP contribution in [0.1, 0.15) is 53.9 Å². The van der Waals surface area contributed by atoms with Crippen molar-refractivity contribution in [1.82, 2.24) is 5.20 Å². The zero-order chi connectivity index (χ0) is 15.0. The van der Waals surface area contributed by atoms with E-state index in [4.69, 9.17) is 26.0 Å². The van der Waals surface area contributed by atoms with E-state index >= 15 is 0 Å². The Morgan fingerprint density at radius 1 is 1.30 bits per heavy atom. The zero-order valence-electron chi connectivity index (χ0n) is 13.2. The van der Waals surface area contributed by atoms with Gasteiger partial charge in [-0.15, -0.1) is 0 Å². The van der Waals surface area contributed by atoms with E-state index in [-0.39, 0.29) is 10.8 Å². The van der Waals surface area contributed by atoms with Crippen molar-refractivity contribution in [2.24, 2.45) is 21.8 Å². The van der Waals surface area contributed by atoms with Crippen LogP contribution in [0, 0.1) is 16.7 Å². The van der Waals surface area contributed by atoms with Gasteiger partial charge in [-0.3, -0.25) is 0 Å². The summed E-state index contributed by atoms with van der Waals surface area (Å²) >= 11 is 5.48. The van der Waals surface area contributed by atoms with Crippen LogP contribution in [0.25, 0.3) is 0 Å². The molecule has 0 aromatic heterocycles. The number of nitrogens with one attached hydrogen (secondary N) is 1. The molecule has 2 saturated carbocycles. The van der Waals surface area contributed by atoms with Crippen molar-refractivity contribution in [3.63, 3.8) is 0 Å². The second-order valence-electron chi connectivity index (χ2n) is 6.62. The van der Waals surface area contributed by atoms with E-state index in [1.54, 1.807) is 0 Å². The molecule has 116 valence electrons. The molecule has 0 heterocycles. The van der Waals surface area contributed by atoms with Crippen LogP contribution in [0.2, 0.25) is 0 Å². The van der Waals surface area contributed by atoms with E-state index in [9.17, 15) is 0 Å². The molecule has 2 aliphatic carbocycles. The Hall–Kier alpha value is 0.0400. The van der Waals surface area contributed by atoms with Gasteiger partial charge in [0.15, 0.2) is 0 Å². The molecule has 0 saturated heterocycles. The predicted octanol–water partition coefficient (Wildman–Crippen LogP) is 4.08. The maximum atomic E-state index is 5.60. The molecule has 2 rings (SSSR count). The summed E-state index contributed by atoms with van der Waals surface area (Å²) in [6.07, 6.45) is 3.79. The van der Waals surface area contributed by atoms with Crippen LogP contribution in [-0.4, -0.2) is 18.9 Å². The number of fused-ring (bicyclic) bond motifs is 2. The van der Waals surface area contributed by atoms with Crippen LogP contribution in [0.3, 0.4) is 0 Å². The van der Waals surface area contributed by atoms with Gasteiger partial charge in [-0.2, -0.15) is 5.10 Å². The SMILES string of the molecule is CCOP(=S)(N/N=C1/C2(C)CCC(C2)C1(C)C)OCC.